The van der Waals surface area contributed by atoms with E-state index >= 15 is 0 Å². The zero-order valence-corrected chi connectivity index (χ0v) is 21.1. The number of fused-ring (bicyclic) bond motifs is 2. The van der Waals surface area contributed by atoms with E-state index in [-0.39, 0.29) is 5.82 Å². The second kappa shape index (κ2) is 10.1. The maximum Gasteiger partial charge on any atom is 0.123 e. The second-order valence-corrected chi connectivity index (χ2v) is 10.9. The van der Waals surface area contributed by atoms with Crippen LogP contribution in [0.15, 0.2) is 42.5 Å². The molecule has 0 radical (unpaired) electrons. The molecule has 5 heteroatoms. The van der Waals surface area contributed by atoms with Crippen molar-refractivity contribution in [1.29, 1.82) is 0 Å². The SMILES string of the molecule is CN(C)CCCC1(c2ccc(F)cc2)OCc2cc(CN3CCN(C)C4CCCCC43)ccc21. The number of hydrogen-bond donors (Lipinski definition) is 0. The molecule has 3 atom stereocenters. The van der Waals surface area contributed by atoms with Gasteiger partial charge in [-0.25, -0.2) is 4.39 Å². The molecule has 0 bridgehead atoms. The van der Waals surface area contributed by atoms with Gasteiger partial charge in [-0.3, -0.25) is 4.90 Å². The predicted molar refractivity (Wildman–Crippen MR) is 135 cm³/mol. The number of halogens is 1. The first-order chi connectivity index (χ1) is 16.5. The molecule has 3 aliphatic rings. The van der Waals surface area contributed by atoms with Gasteiger partial charge in [0.1, 0.15) is 11.4 Å². The van der Waals surface area contributed by atoms with Crippen molar-refractivity contribution in [1.82, 2.24) is 14.7 Å². The summed E-state index contributed by atoms with van der Waals surface area (Å²) in [6, 6.07) is 15.3. The first-order valence-corrected chi connectivity index (χ1v) is 13.1. The summed E-state index contributed by atoms with van der Waals surface area (Å²) in [6.45, 7) is 4.96. The average Bonchev–Trinajstić information content (AvgIpc) is 3.20. The zero-order chi connectivity index (χ0) is 23.7. The van der Waals surface area contributed by atoms with Crippen molar-refractivity contribution in [2.75, 3.05) is 40.8 Å². The van der Waals surface area contributed by atoms with E-state index < -0.39 is 5.60 Å². The van der Waals surface area contributed by atoms with Gasteiger partial charge in [0.2, 0.25) is 0 Å². The second-order valence-electron chi connectivity index (χ2n) is 10.9. The van der Waals surface area contributed by atoms with Gasteiger partial charge in [-0.2, -0.15) is 0 Å². The van der Waals surface area contributed by atoms with Crippen LogP contribution in [0, 0.1) is 5.82 Å². The maximum atomic E-state index is 13.7. The van der Waals surface area contributed by atoms with Gasteiger partial charge in [0, 0.05) is 31.7 Å². The van der Waals surface area contributed by atoms with Crippen molar-refractivity contribution >= 4 is 0 Å². The van der Waals surface area contributed by atoms with Crippen molar-refractivity contribution in [3.05, 3.63) is 70.5 Å². The number of piperazine rings is 1. The highest BCUT2D eigenvalue weighted by Crippen LogP contribution is 2.46. The predicted octanol–water partition coefficient (Wildman–Crippen LogP) is 5.00. The van der Waals surface area contributed by atoms with Crippen molar-refractivity contribution in [2.24, 2.45) is 0 Å². The molecule has 3 unspecified atom stereocenters. The van der Waals surface area contributed by atoms with E-state index in [1.54, 1.807) is 12.1 Å². The Morgan fingerprint density at radius 1 is 1.03 bits per heavy atom. The Kier molecular flexibility index (Phi) is 7.08. The van der Waals surface area contributed by atoms with Gasteiger partial charge >= 0.3 is 0 Å². The molecule has 4 nitrogen and oxygen atoms in total. The summed E-state index contributed by atoms with van der Waals surface area (Å²) in [5.74, 6) is -0.200. The third-order valence-electron chi connectivity index (χ3n) is 8.38. The van der Waals surface area contributed by atoms with Crippen LogP contribution in [0.4, 0.5) is 4.39 Å². The summed E-state index contributed by atoms with van der Waals surface area (Å²) in [7, 11) is 6.52. The normalized spacial score (nSPS) is 27.7. The highest BCUT2D eigenvalue weighted by atomic mass is 19.1. The maximum absolute atomic E-state index is 13.7. The molecule has 2 aliphatic heterocycles. The van der Waals surface area contributed by atoms with E-state index in [1.807, 2.05) is 12.1 Å². The fourth-order valence-electron chi connectivity index (χ4n) is 6.57. The van der Waals surface area contributed by atoms with Crippen LogP contribution in [-0.4, -0.2) is 67.6 Å². The molecule has 2 fully saturated rings. The lowest BCUT2D eigenvalue weighted by Crippen LogP contribution is -2.58. The third-order valence-corrected chi connectivity index (χ3v) is 8.38. The van der Waals surface area contributed by atoms with E-state index in [0.717, 1.165) is 44.6 Å². The van der Waals surface area contributed by atoms with Gasteiger partial charge < -0.3 is 14.5 Å². The lowest BCUT2D eigenvalue weighted by molar-refractivity contribution is -0.0140. The van der Waals surface area contributed by atoms with Gasteiger partial charge in [0.05, 0.1) is 6.61 Å². The fourth-order valence-corrected chi connectivity index (χ4v) is 6.57. The molecule has 1 saturated heterocycles. The first kappa shape index (κ1) is 23.9. The van der Waals surface area contributed by atoms with Gasteiger partial charge in [-0.1, -0.05) is 43.2 Å². The largest absolute Gasteiger partial charge is 0.361 e. The van der Waals surface area contributed by atoms with Crippen molar-refractivity contribution in [2.45, 2.75) is 69.4 Å². The van der Waals surface area contributed by atoms with Crippen LogP contribution < -0.4 is 0 Å². The highest BCUT2D eigenvalue weighted by molar-refractivity contribution is 5.45. The van der Waals surface area contributed by atoms with Crippen LogP contribution in [0.1, 0.15) is 60.8 Å². The Balaban J connectivity index is 1.39. The molecule has 184 valence electrons. The van der Waals surface area contributed by atoms with E-state index in [4.69, 9.17) is 4.74 Å². The quantitative estimate of drug-likeness (QED) is 0.573. The minimum absolute atomic E-state index is 0.200. The molecular formula is C29H40FN3O. The number of likely N-dealkylation sites (N-methyl/N-ethyl adjacent to an activating group) is 1. The van der Waals surface area contributed by atoms with Gasteiger partial charge in [0.25, 0.3) is 0 Å². The molecule has 0 aromatic heterocycles. The van der Waals surface area contributed by atoms with Crippen LogP contribution in [0.5, 0.6) is 0 Å². The van der Waals surface area contributed by atoms with Crippen molar-refractivity contribution < 1.29 is 9.13 Å². The summed E-state index contributed by atoms with van der Waals surface area (Å²) >= 11 is 0. The van der Waals surface area contributed by atoms with Gasteiger partial charge in [-0.05, 0) is 87.8 Å². The van der Waals surface area contributed by atoms with E-state index in [9.17, 15) is 4.39 Å². The first-order valence-electron chi connectivity index (χ1n) is 13.1. The van der Waals surface area contributed by atoms with Crippen molar-refractivity contribution in [3.63, 3.8) is 0 Å². The van der Waals surface area contributed by atoms with E-state index in [2.05, 4.69) is 54.0 Å². The molecule has 5 rings (SSSR count). The standard InChI is InChI=1S/C29H40FN3O/c1-31(2)16-6-15-29(24-10-12-25(30)13-11-24)26-14-9-22(19-23(26)21-34-29)20-33-18-17-32(3)27-7-4-5-8-28(27)33/h9-14,19,27-28H,4-8,15-18,20-21H2,1-3H3. The fraction of sp³-hybridized carbons (Fsp3) is 0.586. The minimum atomic E-state index is -0.486. The van der Waals surface area contributed by atoms with E-state index in [0.29, 0.717) is 18.7 Å². The number of benzene rings is 2. The molecule has 0 amide bonds. The Bertz CT molecular complexity index is 978. The molecule has 0 spiro atoms. The van der Waals surface area contributed by atoms with Crippen LogP contribution in [0.2, 0.25) is 0 Å². The lowest BCUT2D eigenvalue weighted by Gasteiger charge is -2.49. The zero-order valence-electron chi connectivity index (χ0n) is 21.1. The Morgan fingerprint density at radius 2 is 1.79 bits per heavy atom. The molecule has 2 aromatic rings. The number of nitrogens with zero attached hydrogens (tertiary/aromatic N) is 3. The third kappa shape index (κ3) is 4.68. The molecule has 2 aromatic carbocycles. The monoisotopic (exact) mass is 465 g/mol. The average molecular weight is 466 g/mol. The molecule has 2 heterocycles. The molecule has 1 saturated carbocycles. The summed E-state index contributed by atoms with van der Waals surface area (Å²) < 4.78 is 20.3. The summed E-state index contributed by atoms with van der Waals surface area (Å²) in [5.41, 5.74) is 4.51. The number of rotatable bonds is 7. The van der Waals surface area contributed by atoms with Crippen LogP contribution >= 0.6 is 0 Å². The lowest BCUT2D eigenvalue weighted by atomic mass is 9.81. The Labute approximate surface area is 204 Å². The van der Waals surface area contributed by atoms with Crippen molar-refractivity contribution in [3.8, 4) is 0 Å². The number of ether oxygens (including phenoxy) is 1. The van der Waals surface area contributed by atoms with Gasteiger partial charge in [0.15, 0.2) is 0 Å². The number of hydrogen-bond acceptors (Lipinski definition) is 4. The Morgan fingerprint density at radius 3 is 2.56 bits per heavy atom. The van der Waals surface area contributed by atoms with E-state index in [1.165, 1.54) is 42.4 Å². The minimum Gasteiger partial charge on any atom is -0.361 e. The summed E-state index contributed by atoms with van der Waals surface area (Å²) in [6.07, 6.45) is 7.30. The molecule has 34 heavy (non-hydrogen) atoms. The topological polar surface area (TPSA) is 19.0 Å². The highest BCUT2D eigenvalue weighted by Gasteiger charge is 2.42. The Hall–Kier alpha value is -1.79. The summed E-state index contributed by atoms with van der Waals surface area (Å²) in [5, 5.41) is 0. The summed E-state index contributed by atoms with van der Waals surface area (Å²) in [4.78, 5) is 7.53. The molecular weight excluding hydrogens is 425 g/mol. The smallest absolute Gasteiger partial charge is 0.123 e. The molecule has 0 N–H and O–H groups in total. The van der Waals surface area contributed by atoms with Crippen LogP contribution in [-0.2, 0) is 23.5 Å². The van der Waals surface area contributed by atoms with Crippen LogP contribution in [0.25, 0.3) is 0 Å². The van der Waals surface area contributed by atoms with Crippen LogP contribution in [0.3, 0.4) is 0 Å². The molecule has 1 aliphatic carbocycles. The van der Waals surface area contributed by atoms with Gasteiger partial charge in [-0.15, -0.1) is 0 Å².